The van der Waals surface area contributed by atoms with Gasteiger partial charge in [0.15, 0.2) is 11.5 Å². The van der Waals surface area contributed by atoms with Crippen molar-refractivity contribution >= 4 is 62.7 Å². The van der Waals surface area contributed by atoms with Gasteiger partial charge >= 0.3 is 18.0 Å². The van der Waals surface area contributed by atoms with Crippen LogP contribution in [-0.4, -0.2) is 70.1 Å². The smallest absolute Gasteiger partial charge is 0.471 e. The molecule has 0 aliphatic rings. The fraction of sp³-hybridized carbons (Fsp3) is 0.611. The van der Waals surface area contributed by atoms with E-state index >= 15 is 0 Å². The molecule has 4 rings (SSSR count). The summed E-state index contributed by atoms with van der Waals surface area (Å²) in [7, 11) is 3.78. The predicted molar refractivity (Wildman–Crippen MR) is 220 cm³/mol. The second-order valence-electron chi connectivity index (χ2n) is 13.2. The summed E-state index contributed by atoms with van der Waals surface area (Å²) in [4.78, 5) is 25.1. The largest absolute Gasteiger partial charge is 1.00 e. The molecule has 0 aromatic carbocycles. The summed E-state index contributed by atoms with van der Waals surface area (Å²) in [6.45, 7) is 8.94. The van der Waals surface area contributed by atoms with E-state index in [9.17, 15) is 22.8 Å². The number of alkyl halides is 4. The van der Waals surface area contributed by atoms with E-state index < -0.39 is 12.1 Å². The van der Waals surface area contributed by atoms with Crippen LogP contribution in [0.2, 0.25) is 0 Å². The van der Waals surface area contributed by atoms with E-state index in [-0.39, 0.29) is 29.4 Å². The number of nitrogens with one attached hydrogen (secondary N) is 2. The molecule has 0 spiro atoms. The number of unbranched alkanes of at least 4 members (excludes halogenated alkanes) is 6. The number of hydrogen-bond donors (Lipinski definition) is 4. The van der Waals surface area contributed by atoms with Crippen LogP contribution in [0.3, 0.4) is 0 Å². The molecular weight excluding hydrogens is 905 g/mol. The molecular formula is C36H59Br2F3N16O2. The molecule has 0 atom stereocenters. The van der Waals surface area contributed by atoms with Gasteiger partial charge in [-0.15, -0.1) is 10.2 Å². The summed E-state index contributed by atoms with van der Waals surface area (Å²) < 4.78 is 43.6. The van der Waals surface area contributed by atoms with Gasteiger partial charge in [0.1, 0.15) is 11.5 Å². The van der Waals surface area contributed by atoms with Crippen molar-refractivity contribution < 1.29 is 44.3 Å². The molecule has 0 bridgehead atoms. The van der Waals surface area contributed by atoms with Gasteiger partial charge in [-0.05, 0) is 25.7 Å². The van der Waals surface area contributed by atoms with Crippen LogP contribution in [-0.2, 0) is 43.3 Å². The van der Waals surface area contributed by atoms with Gasteiger partial charge in [-0.25, -0.2) is 23.5 Å². The third-order valence-electron chi connectivity index (χ3n) is 8.30. The van der Waals surface area contributed by atoms with E-state index in [1.54, 1.807) is 37.8 Å². The maximum absolute atomic E-state index is 11.5. The van der Waals surface area contributed by atoms with Gasteiger partial charge in [-0.2, -0.15) is 23.4 Å². The number of carbonyl (C=O) groups excluding carboxylic acids is 2. The van der Waals surface area contributed by atoms with Crippen molar-refractivity contribution in [2.24, 2.45) is 34.6 Å². The SMILES string of the molecule is CCCCCCn1ncc(N=Nc2n(CCCNC(C)=O)cc[n+]2C)c1N.CCCCCCn1ncc(N=Nc2nccn2C)c1N.O=C(NCCCBr)C(F)(F)F.[Br-]. The van der Waals surface area contributed by atoms with E-state index in [4.69, 9.17) is 11.5 Å². The van der Waals surface area contributed by atoms with Gasteiger partial charge in [0.05, 0.1) is 38.4 Å². The maximum atomic E-state index is 11.5. The zero-order valence-corrected chi connectivity index (χ0v) is 37.7. The summed E-state index contributed by atoms with van der Waals surface area (Å²) in [6, 6.07) is 0. The quantitative estimate of drug-likeness (QED) is 0.0411. The molecule has 0 aliphatic heterocycles. The van der Waals surface area contributed by atoms with Crippen molar-refractivity contribution in [2.75, 3.05) is 29.9 Å². The average molecular weight is 965 g/mol. The van der Waals surface area contributed by atoms with Crippen LogP contribution in [0.5, 0.6) is 0 Å². The Labute approximate surface area is 362 Å². The normalized spacial score (nSPS) is 11.2. The predicted octanol–water partition coefficient (Wildman–Crippen LogP) is 4.26. The van der Waals surface area contributed by atoms with E-state index in [0.717, 1.165) is 38.9 Å². The Morgan fingerprint density at radius 1 is 0.814 bits per heavy atom. The Morgan fingerprint density at radius 3 is 1.86 bits per heavy atom. The second-order valence-corrected chi connectivity index (χ2v) is 14.0. The highest BCUT2D eigenvalue weighted by Gasteiger charge is 2.38. The molecule has 330 valence electrons. The molecule has 0 saturated carbocycles. The minimum Gasteiger partial charge on any atom is -1.00 e. The number of halogens is 5. The number of amides is 2. The lowest BCUT2D eigenvalue weighted by molar-refractivity contribution is -0.657. The number of aryl methyl sites for hydroxylation is 5. The number of carbonyl (C=O) groups is 2. The van der Waals surface area contributed by atoms with Crippen molar-refractivity contribution in [3.63, 3.8) is 0 Å². The summed E-state index contributed by atoms with van der Waals surface area (Å²) in [6.07, 6.45) is 16.6. The molecule has 4 aromatic rings. The van der Waals surface area contributed by atoms with E-state index in [0.29, 0.717) is 53.2 Å². The first-order valence-electron chi connectivity index (χ1n) is 19.4. The lowest BCUT2D eigenvalue weighted by Crippen LogP contribution is -3.00. The van der Waals surface area contributed by atoms with Crippen molar-refractivity contribution in [3.8, 4) is 0 Å². The van der Waals surface area contributed by atoms with Crippen LogP contribution in [0.1, 0.15) is 85.0 Å². The lowest BCUT2D eigenvalue weighted by atomic mass is 10.2. The first-order chi connectivity index (χ1) is 27.7. The molecule has 0 fully saturated rings. The molecule has 18 nitrogen and oxygen atoms in total. The van der Waals surface area contributed by atoms with Crippen LogP contribution < -0.4 is 43.6 Å². The van der Waals surface area contributed by atoms with Crippen LogP contribution >= 0.6 is 15.9 Å². The Balaban J connectivity index is 0.000000478. The Morgan fingerprint density at radius 2 is 1.37 bits per heavy atom. The fourth-order valence-corrected chi connectivity index (χ4v) is 5.29. The Kier molecular flexibility index (Phi) is 25.5. The topological polar surface area (TPSA) is 222 Å². The second kappa shape index (κ2) is 28.7. The van der Waals surface area contributed by atoms with Gasteiger partial charge in [0.2, 0.25) is 11.9 Å². The Bertz CT molecular complexity index is 1850. The first kappa shape index (κ1) is 52.3. The number of nitrogen functional groups attached to an aromatic ring is 2. The van der Waals surface area contributed by atoms with Gasteiger partial charge in [-0.1, -0.05) is 73.4 Å². The monoisotopic (exact) mass is 962 g/mol. The van der Waals surface area contributed by atoms with Gasteiger partial charge in [0.25, 0.3) is 0 Å². The number of hydrogen-bond acceptors (Lipinski definition) is 11. The molecule has 0 saturated heterocycles. The molecule has 0 radical (unpaired) electrons. The average Bonchev–Trinajstić information content (AvgIpc) is 3.95. The van der Waals surface area contributed by atoms with Gasteiger partial charge in [0, 0.05) is 63.0 Å². The third-order valence-corrected chi connectivity index (χ3v) is 8.86. The number of nitrogens with zero attached hydrogens (tertiary/aromatic N) is 12. The van der Waals surface area contributed by atoms with Crippen LogP contribution in [0.15, 0.2) is 57.6 Å². The molecule has 2 amide bonds. The number of nitrogens with two attached hydrogens (primary N) is 2. The number of imidazole rings is 2. The summed E-state index contributed by atoms with van der Waals surface area (Å²) in [5, 5.41) is 30.5. The van der Waals surface area contributed by atoms with Crippen molar-refractivity contribution in [2.45, 2.75) is 111 Å². The maximum Gasteiger partial charge on any atom is 0.471 e. The molecule has 4 aromatic heterocycles. The lowest BCUT2D eigenvalue weighted by Gasteiger charge is -2.05. The molecule has 6 N–H and O–H groups in total. The highest BCUT2D eigenvalue weighted by atomic mass is 79.9. The highest BCUT2D eigenvalue weighted by molar-refractivity contribution is 9.09. The zero-order valence-electron chi connectivity index (χ0n) is 34.5. The van der Waals surface area contributed by atoms with E-state index in [2.05, 4.69) is 70.7 Å². The standard InChI is InChI=1S/C18H30N8O.C13H21N7.C5H7BrF3NO.BrH/c1-4-5-6-7-11-26-17(19)16(14-21-26)22-23-18-24(3)12-13-25(18)10-8-9-20-15(2)27;1-3-4-5-6-8-20-12(14)11(10-16-20)17-18-13-15-7-9-19(13)2;6-2-1-3-10-4(11)5(7,8)9;/h12-14,19H,4-11H2,1-3H3,(H,20,27);7,9-10H,3-6,8,14H2,1-2H3;1-3H2,(H,10,11);1H. The molecule has 23 heteroatoms. The number of azo groups is 2. The number of anilines is 2. The minimum atomic E-state index is -4.76. The van der Waals surface area contributed by atoms with Crippen molar-refractivity contribution in [1.29, 1.82) is 0 Å². The molecule has 0 aliphatic carbocycles. The van der Waals surface area contributed by atoms with Crippen molar-refractivity contribution in [3.05, 3.63) is 37.2 Å². The zero-order chi connectivity index (χ0) is 42.9. The van der Waals surface area contributed by atoms with E-state index in [1.165, 1.54) is 45.4 Å². The van der Waals surface area contributed by atoms with Gasteiger partial charge < -0.3 is 43.6 Å². The molecule has 59 heavy (non-hydrogen) atoms. The first-order valence-corrected chi connectivity index (χ1v) is 20.5. The van der Waals surface area contributed by atoms with Gasteiger partial charge in [-0.3, -0.25) is 9.59 Å². The summed E-state index contributed by atoms with van der Waals surface area (Å²) >= 11 is 3.02. The number of aromatic nitrogens is 8. The third kappa shape index (κ3) is 19.8. The summed E-state index contributed by atoms with van der Waals surface area (Å²) in [5.41, 5.74) is 13.3. The molecule has 4 heterocycles. The highest BCUT2D eigenvalue weighted by Crippen LogP contribution is 2.25. The summed E-state index contributed by atoms with van der Waals surface area (Å²) in [5.74, 6) is 0.461. The Hall–Kier alpha value is -4.67. The van der Waals surface area contributed by atoms with Crippen LogP contribution in [0.25, 0.3) is 0 Å². The van der Waals surface area contributed by atoms with E-state index in [1.807, 2.05) is 41.8 Å². The minimum absolute atomic E-state index is 0. The van der Waals surface area contributed by atoms with Crippen LogP contribution in [0, 0.1) is 0 Å². The molecule has 0 unspecified atom stereocenters. The number of rotatable bonds is 21. The van der Waals surface area contributed by atoms with Crippen LogP contribution in [0.4, 0.5) is 48.1 Å². The van der Waals surface area contributed by atoms with Crippen molar-refractivity contribution in [1.82, 2.24) is 44.3 Å². The fourth-order valence-electron chi connectivity index (χ4n) is 5.01.